The molecule has 1 aromatic heterocycles. The minimum absolute atomic E-state index is 0.707. The van der Waals surface area contributed by atoms with E-state index in [0.717, 1.165) is 12.5 Å². The van der Waals surface area contributed by atoms with E-state index in [9.17, 15) is 0 Å². The van der Waals surface area contributed by atoms with Crippen LogP contribution in [0.2, 0.25) is 0 Å². The van der Waals surface area contributed by atoms with Crippen LogP contribution in [0.5, 0.6) is 0 Å². The van der Waals surface area contributed by atoms with Gasteiger partial charge in [0.2, 0.25) is 0 Å². The van der Waals surface area contributed by atoms with Gasteiger partial charge in [-0.1, -0.05) is 0 Å². The van der Waals surface area contributed by atoms with Gasteiger partial charge in [0.25, 0.3) is 0 Å². The smallest absolute Gasteiger partial charge is 0.0945 e. The van der Waals surface area contributed by atoms with Gasteiger partial charge >= 0.3 is 0 Å². The molecule has 0 bridgehead atoms. The number of nitrogens with one attached hydrogen (secondary N) is 1. The zero-order chi connectivity index (χ0) is 10.3. The first-order valence-electron chi connectivity index (χ1n) is 5.96. The lowest BCUT2D eigenvalue weighted by Crippen LogP contribution is -2.25. The monoisotopic (exact) mass is 205 g/mol. The van der Waals surface area contributed by atoms with Crippen LogP contribution in [0.3, 0.4) is 0 Å². The minimum atomic E-state index is 0.707. The molecule has 3 heteroatoms. The Balaban J connectivity index is 1.49. The second-order valence-electron chi connectivity index (χ2n) is 5.24. The summed E-state index contributed by atoms with van der Waals surface area (Å²) in [5.41, 5.74) is 1.99. The van der Waals surface area contributed by atoms with Gasteiger partial charge in [-0.05, 0) is 37.0 Å². The van der Waals surface area contributed by atoms with Gasteiger partial charge in [-0.15, -0.1) is 0 Å². The highest BCUT2D eigenvalue weighted by Gasteiger charge is 2.53. The molecule has 0 aromatic carbocycles. The molecule has 0 atom stereocenters. The molecule has 0 unspecified atom stereocenters. The minimum Gasteiger partial charge on any atom is -0.337 e. The van der Waals surface area contributed by atoms with Gasteiger partial charge in [-0.25, -0.2) is 4.98 Å². The molecule has 2 aliphatic carbocycles. The fourth-order valence-corrected chi connectivity index (χ4v) is 2.58. The highest BCUT2D eigenvalue weighted by Crippen LogP contribution is 2.60. The number of aryl methyl sites for hydroxylation is 1. The Kier molecular flexibility index (Phi) is 2.09. The Hall–Kier alpha value is -0.830. The molecule has 0 amide bonds. The van der Waals surface area contributed by atoms with Crippen LogP contribution in [0, 0.1) is 11.3 Å². The van der Waals surface area contributed by atoms with Crippen LogP contribution < -0.4 is 5.32 Å². The second kappa shape index (κ2) is 3.34. The van der Waals surface area contributed by atoms with Gasteiger partial charge in [-0.2, -0.15) is 0 Å². The van der Waals surface area contributed by atoms with Crippen molar-refractivity contribution >= 4 is 0 Å². The van der Waals surface area contributed by atoms with E-state index in [1.165, 1.54) is 37.9 Å². The molecule has 1 N–H and O–H groups in total. The summed E-state index contributed by atoms with van der Waals surface area (Å²) in [7, 11) is 2.05. The topological polar surface area (TPSA) is 29.9 Å². The summed E-state index contributed by atoms with van der Waals surface area (Å²) in [4.78, 5) is 4.12. The highest BCUT2D eigenvalue weighted by molar-refractivity contribution is 5.06. The SMILES string of the molecule is Cn1cncc1CNCC1(C2CC2)CC1. The summed E-state index contributed by atoms with van der Waals surface area (Å²) in [5, 5.41) is 3.59. The molecule has 3 rings (SSSR count). The summed E-state index contributed by atoms with van der Waals surface area (Å²) >= 11 is 0. The van der Waals surface area contributed by atoms with Crippen LogP contribution in [-0.4, -0.2) is 16.1 Å². The Morgan fingerprint density at radius 1 is 1.53 bits per heavy atom. The van der Waals surface area contributed by atoms with E-state index in [1.807, 2.05) is 12.5 Å². The predicted octanol–water partition coefficient (Wildman–Crippen LogP) is 1.70. The molecular weight excluding hydrogens is 186 g/mol. The molecule has 1 aromatic rings. The molecule has 15 heavy (non-hydrogen) atoms. The first kappa shape index (κ1) is 9.40. The molecule has 0 spiro atoms. The van der Waals surface area contributed by atoms with Gasteiger partial charge < -0.3 is 9.88 Å². The zero-order valence-electron chi connectivity index (χ0n) is 9.37. The summed E-state index contributed by atoms with van der Waals surface area (Å²) in [6.45, 7) is 2.17. The molecule has 3 nitrogen and oxygen atoms in total. The Bertz CT molecular complexity index is 348. The van der Waals surface area contributed by atoms with Crippen molar-refractivity contribution in [3.63, 3.8) is 0 Å². The van der Waals surface area contributed by atoms with Crippen LogP contribution in [0.4, 0.5) is 0 Å². The predicted molar refractivity (Wildman–Crippen MR) is 59.3 cm³/mol. The molecule has 2 aliphatic rings. The molecule has 0 radical (unpaired) electrons. The number of imidazole rings is 1. The van der Waals surface area contributed by atoms with Crippen LogP contribution in [0.25, 0.3) is 0 Å². The third kappa shape index (κ3) is 1.81. The number of aromatic nitrogens is 2. The molecule has 0 aliphatic heterocycles. The molecule has 2 fully saturated rings. The van der Waals surface area contributed by atoms with Crippen LogP contribution >= 0.6 is 0 Å². The van der Waals surface area contributed by atoms with E-state index in [1.54, 1.807) is 0 Å². The average molecular weight is 205 g/mol. The third-order valence-corrected chi connectivity index (χ3v) is 4.04. The van der Waals surface area contributed by atoms with Crippen molar-refractivity contribution in [3.8, 4) is 0 Å². The normalized spacial score (nSPS) is 23.0. The second-order valence-corrected chi connectivity index (χ2v) is 5.24. The quantitative estimate of drug-likeness (QED) is 0.793. The third-order valence-electron chi connectivity index (χ3n) is 4.04. The summed E-state index contributed by atoms with van der Waals surface area (Å²) in [6.07, 6.45) is 9.68. The Morgan fingerprint density at radius 3 is 2.87 bits per heavy atom. The molecule has 0 saturated heterocycles. The molecule has 1 heterocycles. The fourth-order valence-electron chi connectivity index (χ4n) is 2.58. The number of rotatable bonds is 5. The van der Waals surface area contributed by atoms with Crippen molar-refractivity contribution in [2.24, 2.45) is 18.4 Å². The van der Waals surface area contributed by atoms with E-state index in [-0.39, 0.29) is 0 Å². The van der Waals surface area contributed by atoms with Gasteiger partial charge in [0.15, 0.2) is 0 Å². The lowest BCUT2D eigenvalue weighted by Gasteiger charge is -2.14. The van der Waals surface area contributed by atoms with Crippen molar-refractivity contribution in [2.45, 2.75) is 32.2 Å². The van der Waals surface area contributed by atoms with Gasteiger partial charge in [-0.3, -0.25) is 0 Å². The van der Waals surface area contributed by atoms with Crippen molar-refractivity contribution in [3.05, 3.63) is 18.2 Å². The molecular formula is C12H19N3. The standard InChI is InChI=1S/C12H19N3/c1-15-9-14-7-11(15)6-13-8-12(4-5-12)10-2-3-10/h7,9-10,13H,2-6,8H2,1H3. The first-order chi connectivity index (χ1) is 7.30. The summed E-state index contributed by atoms with van der Waals surface area (Å²) in [5.74, 6) is 1.05. The Morgan fingerprint density at radius 2 is 2.33 bits per heavy atom. The lowest BCUT2D eigenvalue weighted by molar-refractivity contribution is 0.401. The van der Waals surface area contributed by atoms with Crippen molar-refractivity contribution in [2.75, 3.05) is 6.54 Å². The zero-order valence-corrected chi connectivity index (χ0v) is 9.37. The van der Waals surface area contributed by atoms with Gasteiger partial charge in [0, 0.05) is 26.3 Å². The lowest BCUT2D eigenvalue weighted by atomic mass is 10.0. The molecule has 2 saturated carbocycles. The molecule has 82 valence electrons. The summed E-state index contributed by atoms with van der Waals surface area (Å²) in [6, 6.07) is 0. The van der Waals surface area contributed by atoms with E-state index >= 15 is 0 Å². The highest BCUT2D eigenvalue weighted by atomic mass is 15.0. The van der Waals surface area contributed by atoms with E-state index < -0.39 is 0 Å². The number of hydrogen-bond donors (Lipinski definition) is 1. The number of nitrogens with zero attached hydrogens (tertiary/aromatic N) is 2. The first-order valence-corrected chi connectivity index (χ1v) is 5.96. The maximum Gasteiger partial charge on any atom is 0.0945 e. The van der Waals surface area contributed by atoms with E-state index in [0.29, 0.717) is 5.41 Å². The number of hydrogen-bond acceptors (Lipinski definition) is 2. The van der Waals surface area contributed by atoms with Crippen molar-refractivity contribution in [1.29, 1.82) is 0 Å². The van der Waals surface area contributed by atoms with Gasteiger partial charge in [0.05, 0.1) is 12.0 Å². The van der Waals surface area contributed by atoms with Crippen molar-refractivity contribution in [1.82, 2.24) is 14.9 Å². The maximum absolute atomic E-state index is 4.12. The maximum atomic E-state index is 4.12. The largest absolute Gasteiger partial charge is 0.337 e. The average Bonchev–Trinajstić information content (AvgIpc) is 3.10. The van der Waals surface area contributed by atoms with E-state index in [4.69, 9.17) is 0 Å². The fraction of sp³-hybridized carbons (Fsp3) is 0.750. The van der Waals surface area contributed by atoms with Crippen LogP contribution in [0.15, 0.2) is 12.5 Å². The van der Waals surface area contributed by atoms with Crippen LogP contribution in [0.1, 0.15) is 31.4 Å². The van der Waals surface area contributed by atoms with E-state index in [2.05, 4.69) is 21.9 Å². The summed E-state index contributed by atoms with van der Waals surface area (Å²) < 4.78 is 2.09. The van der Waals surface area contributed by atoms with Crippen LogP contribution in [-0.2, 0) is 13.6 Å². The van der Waals surface area contributed by atoms with Gasteiger partial charge in [0.1, 0.15) is 0 Å². The van der Waals surface area contributed by atoms with Crippen molar-refractivity contribution < 1.29 is 0 Å². The Labute approximate surface area is 90.9 Å².